The van der Waals surface area contributed by atoms with Gasteiger partial charge in [0.15, 0.2) is 5.96 Å². The zero-order valence-corrected chi connectivity index (χ0v) is 20.7. The molecule has 3 aromatic rings. The monoisotopic (exact) mass is 537 g/mol. The van der Waals surface area contributed by atoms with Gasteiger partial charge in [0.25, 0.3) is 0 Å². The maximum Gasteiger partial charge on any atom is 0.341 e. The third-order valence-electron chi connectivity index (χ3n) is 4.70. The molecule has 0 aliphatic carbocycles. The van der Waals surface area contributed by atoms with E-state index in [2.05, 4.69) is 32.9 Å². The van der Waals surface area contributed by atoms with Crippen LogP contribution in [-0.4, -0.2) is 35.9 Å². The number of carbonyl (C=O) groups is 1. The van der Waals surface area contributed by atoms with Crippen molar-refractivity contribution in [3.8, 4) is 5.69 Å². The summed E-state index contributed by atoms with van der Waals surface area (Å²) in [7, 11) is 3.05. The summed E-state index contributed by atoms with van der Waals surface area (Å²) in [5.74, 6) is 1.36. The molecule has 0 spiro atoms. The van der Waals surface area contributed by atoms with Gasteiger partial charge in [-0.05, 0) is 44.5 Å². The Balaban J connectivity index is 0.00000341. The standard InChI is InChI=1S/C22H27N5O3.HI/c1-14-10-15(2)27(26-14)20-9-7-6-8-17(20)12-24-22(23-4)25-13-18-11-19(16(3)30-18)21(28)29-5;/h6-11H,12-13H2,1-5H3,(H2,23,24,25);1H. The summed E-state index contributed by atoms with van der Waals surface area (Å²) in [5.41, 5.74) is 4.60. The molecule has 8 nitrogen and oxygen atoms in total. The van der Waals surface area contributed by atoms with Crippen LogP contribution in [0.25, 0.3) is 5.69 Å². The molecule has 2 aromatic heterocycles. The van der Waals surface area contributed by atoms with Crippen molar-refractivity contribution in [3.63, 3.8) is 0 Å². The van der Waals surface area contributed by atoms with Gasteiger partial charge < -0.3 is 19.8 Å². The van der Waals surface area contributed by atoms with Gasteiger partial charge in [0.05, 0.1) is 25.0 Å². The number of hydrogen-bond acceptors (Lipinski definition) is 5. The number of ether oxygens (including phenoxy) is 1. The van der Waals surface area contributed by atoms with Crippen molar-refractivity contribution < 1.29 is 13.9 Å². The van der Waals surface area contributed by atoms with E-state index in [0.717, 1.165) is 22.6 Å². The lowest BCUT2D eigenvalue weighted by Crippen LogP contribution is -2.36. The number of carbonyl (C=O) groups excluding carboxylic acids is 1. The molecule has 31 heavy (non-hydrogen) atoms. The zero-order valence-electron chi connectivity index (χ0n) is 18.4. The molecule has 0 amide bonds. The molecular weight excluding hydrogens is 509 g/mol. The first-order chi connectivity index (χ1) is 14.4. The summed E-state index contributed by atoms with van der Waals surface area (Å²) >= 11 is 0. The van der Waals surface area contributed by atoms with E-state index in [0.29, 0.717) is 36.1 Å². The highest BCUT2D eigenvalue weighted by Gasteiger charge is 2.15. The van der Waals surface area contributed by atoms with Gasteiger partial charge in [0.1, 0.15) is 17.1 Å². The number of para-hydroxylation sites is 1. The van der Waals surface area contributed by atoms with Gasteiger partial charge in [-0.2, -0.15) is 5.10 Å². The van der Waals surface area contributed by atoms with Gasteiger partial charge in [-0.1, -0.05) is 18.2 Å². The SMILES string of the molecule is CN=C(NCc1cc(C(=O)OC)c(C)o1)NCc1ccccc1-n1nc(C)cc1C.I. The summed E-state index contributed by atoms with van der Waals surface area (Å²) in [6.07, 6.45) is 0. The van der Waals surface area contributed by atoms with Crippen LogP contribution in [0.2, 0.25) is 0 Å². The third kappa shape index (κ3) is 5.87. The maximum atomic E-state index is 11.7. The van der Waals surface area contributed by atoms with Crippen LogP contribution in [0.3, 0.4) is 0 Å². The molecule has 166 valence electrons. The Labute approximate surface area is 199 Å². The fraction of sp³-hybridized carbons (Fsp3) is 0.318. The number of nitrogens with one attached hydrogen (secondary N) is 2. The average molecular weight is 537 g/mol. The van der Waals surface area contributed by atoms with Gasteiger partial charge in [-0.15, -0.1) is 24.0 Å². The van der Waals surface area contributed by atoms with E-state index in [9.17, 15) is 4.79 Å². The fourth-order valence-corrected chi connectivity index (χ4v) is 3.25. The summed E-state index contributed by atoms with van der Waals surface area (Å²) in [6, 6.07) is 11.8. The lowest BCUT2D eigenvalue weighted by molar-refractivity contribution is 0.0599. The van der Waals surface area contributed by atoms with Crippen LogP contribution in [0.4, 0.5) is 0 Å². The molecule has 1 aromatic carbocycles. The number of aryl methyl sites for hydroxylation is 3. The van der Waals surface area contributed by atoms with Crippen molar-refractivity contribution >= 4 is 35.9 Å². The second kappa shape index (κ2) is 11.0. The van der Waals surface area contributed by atoms with Crippen LogP contribution in [0.1, 0.15) is 38.8 Å². The van der Waals surface area contributed by atoms with Crippen molar-refractivity contribution in [1.29, 1.82) is 0 Å². The van der Waals surface area contributed by atoms with Crippen molar-refractivity contribution in [1.82, 2.24) is 20.4 Å². The first-order valence-corrected chi connectivity index (χ1v) is 9.66. The molecule has 0 atom stereocenters. The highest BCUT2D eigenvalue weighted by atomic mass is 127. The molecule has 0 aliphatic heterocycles. The molecule has 2 N–H and O–H groups in total. The Morgan fingerprint density at radius 3 is 2.52 bits per heavy atom. The summed E-state index contributed by atoms with van der Waals surface area (Å²) in [4.78, 5) is 16.0. The van der Waals surface area contributed by atoms with Crippen LogP contribution in [0.5, 0.6) is 0 Å². The zero-order chi connectivity index (χ0) is 21.7. The average Bonchev–Trinajstić information content (AvgIpc) is 3.28. The van der Waals surface area contributed by atoms with Crippen LogP contribution in [0.15, 0.2) is 45.8 Å². The number of guanidine groups is 1. The second-order valence-corrected chi connectivity index (χ2v) is 6.92. The van der Waals surface area contributed by atoms with Gasteiger partial charge in [0, 0.05) is 19.3 Å². The van der Waals surface area contributed by atoms with Gasteiger partial charge in [-0.3, -0.25) is 4.99 Å². The minimum atomic E-state index is -0.411. The number of benzene rings is 1. The highest BCUT2D eigenvalue weighted by Crippen LogP contribution is 2.17. The molecule has 0 unspecified atom stereocenters. The van der Waals surface area contributed by atoms with Gasteiger partial charge in [-0.25, -0.2) is 9.48 Å². The van der Waals surface area contributed by atoms with E-state index in [4.69, 9.17) is 9.15 Å². The minimum Gasteiger partial charge on any atom is -0.465 e. The first kappa shape index (κ1) is 24.4. The fourth-order valence-electron chi connectivity index (χ4n) is 3.25. The first-order valence-electron chi connectivity index (χ1n) is 9.66. The Morgan fingerprint density at radius 1 is 1.16 bits per heavy atom. The molecule has 3 rings (SSSR count). The van der Waals surface area contributed by atoms with Crippen LogP contribution in [-0.2, 0) is 17.8 Å². The number of aromatic nitrogens is 2. The quantitative estimate of drug-likeness (QED) is 0.216. The van der Waals surface area contributed by atoms with Gasteiger partial charge in [0.2, 0.25) is 0 Å². The van der Waals surface area contributed by atoms with E-state index in [1.165, 1.54) is 7.11 Å². The van der Waals surface area contributed by atoms with Crippen molar-refractivity contribution in [2.75, 3.05) is 14.2 Å². The predicted octanol–water partition coefficient (Wildman–Crippen LogP) is 3.66. The van der Waals surface area contributed by atoms with E-state index < -0.39 is 5.97 Å². The number of methoxy groups -OCH3 is 1. The van der Waals surface area contributed by atoms with E-state index in [1.54, 1.807) is 20.0 Å². The number of furan rings is 1. The molecule has 0 bridgehead atoms. The smallest absolute Gasteiger partial charge is 0.341 e. The number of halogens is 1. The summed E-state index contributed by atoms with van der Waals surface area (Å²) in [6.45, 7) is 6.71. The Hall–Kier alpha value is -2.82. The molecule has 9 heteroatoms. The maximum absolute atomic E-state index is 11.7. The number of aliphatic imine (C=N–C) groups is 1. The largest absolute Gasteiger partial charge is 0.465 e. The number of rotatable bonds is 6. The second-order valence-electron chi connectivity index (χ2n) is 6.92. The summed E-state index contributed by atoms with van der Waals surface area (Å²) in [5, 5.41) is 11.1. The van der Waals surface area contributed by atoms with Crippen LogP contribution < -0.4 is 10.6 Å². The lowest BCUT2D eigenvalue weighted by atomic mass is 10.1. The molecule has 2 heterocycles. The lowest BCUT2D eigenvalue weighted by Gasteiger charge is -2.14. The molecule has 0 saturated heterocycles. The topological polar surface area (TPSA) is 93.7 Å². The van der Waals surface area contributed by atoms with Crippen molar-refractivity contribution in [2.24, 2.45) is 4.99 Å². The molecular formula is C22H28IN5O3. The molecule has 0 aliphatic rings. The van der Waals surface area contributed by atoms with E-state index in [-0.39, 0.29) is 24.0 Å². The Kier molecular flexibility index (Phi) is 8.66. The molecule has 0 saturated carbocycles. The summed E-state index contributed by atoms with van der Waals surface area (Å²) < 4.78 is 12.3. The number of nitrogens with zero attached hydrogens (tertiary/aromatic N) is 3. The third-order valence-corrected chi connectivity index (χ3v) is 4.70. The van der Waals surface area contributed by atoms with Gasteiger partial charge >= 0.3 is 5.97 Å². The van der Waals surface area contributed by atoms with Crippen LogP contribution >= 0.6 is 24.0 Å². The number of esters is 1. The van der Waals surface area contributed by atoms with Crippen LogP contribution in [0, 0.1) is 20.8 Å². The van der Waals surface area contributed by atoms with Crippen molar-refractivity contribution in [2.45, 2.75) is 33.9 Å². The molecule has 0 fully saturated rings. The number of hydrogen-bond donors (Lipinski definition) is 2. The molecule has 0 radical (unpaired) electrons. The van der Waals surface area contributed by atoms with Crippen molar-refractivity contribution in [3.05, 3.63) is 70.4 Å². The Morgan fingerprint density at radius 2 is 1.87 bits per heavy atom. The van der Waals surface area contributed by atoms with E-state index in [1.807, 2.05) is 36.7 Å². The predicted molar refractivity (Wildman–Crippen MR) is 130 cm³/mol. The Bertz CT molecular complexity index is 1070. The highest BCUT2D eigenvalue weighted by molar-refractivity contribution is 14.0. The normalized spacial score (nSPS) is 11.1. The minimum absolute atomic E-state index is 0. The van der Waals surface area contributed by atoms with E-state index >= 15 is 0 Å².